The third-order valence-electron chi connectivity index (χ3n) is 3.60. The molecule has 1 fully saturated rings. The largest absolute Gasteiger partial charge is 0.336 e. The monoisotopic (exact) mass is 336 g/mol. The van der Waals surface area contributed by atoms with E-state index in [1.807, 2.05) is 30.3 Å². The maximum absolute atomic E-state index is 12.8. The number of carbonyl (C=O) groups is 2. The van der Waals surface area contributed by atoms with Gasteiger partial charge in [0, 0.05) is 4.48 Å². The first-order valence-corrected chi connectivity index (χ1v) is 7.17. The highest BCUT2D eigenvalue weighted by atomic mass is 79.9. The van der Waals surface area contributed by atoms with Crippen LogP contribution in [0.4, 0.5) is 0 Å². The van der Waals surface area contributed by atoms with Gasteiger partial charge in [0.05, 0.1) is 6.54 Å². The zero-order valence-electron chi connectivity index (χ0n) is 11.5. The molecule has 20 heavy (non-hydrogen) atoms. The van der Waals surface area contributed by atoms with Crippen LogP contribution in [0.1, 0.15) is 19.4 Å². The standard InChI is InChI=1S/C15H17BrN2O2/c1-10(16)9-18-11(2)13(19)17-15(3,14(18)20)12-7-5-4-6-8-12/h4-8,11H,1,9H2,2-3H3,(H,17,19). The molecule has 1 heterocycles. The van der Waals surface area contributed by atoms with E-state index in [1.54, 1.807) is 18.7 Å². The van der Waals surface area contributed by atoms with Gasteiger partial charge in [-0.25, -0.2) is 0 Å². The predicted octanol–water partition coefficient (Wildman–Crippen LogP) is 2.16. The van der Waals surface area contributed by atoms with Crippen molar-refractivity contribution in [2.45, 2.75) is 25.4 Å². The molecular weight excluding hydrogens is 320 g/mol. The number of halogens is 1. The van der Waals surface area contributed by atoms with Crippen LogP contribution in [0.5, 0.6) is 0 Å². The van der Waals surface area contributed by atoms with Crippen molar-refractivity contribution < 1.29 is 9.59 Å². The highest BCUT2D eigenvalue weighted by Crippen LogP contribution is 2.29. The molecule has 1 aliphatic heterocycles. The number of hydrogen-bond acceptors (Lipinski definition) is 2. The highest BCUT2D eigenvalue weighted by molar-refractivity contribution is 9.11. The molecule has 2 amide bonds. The summed E-state index contributed by atoms with van der Waals surface area (Å²) in [5.74, 6) is -0.291. The average Bonchev–Trinajstić information content (AvgIpc) is 2.42. The maximum atomic E-state index is 12.8. The number of benzene rings is 1. The zero-order valence-corrected chi connectivity index (χ0v) is 13.1. The van der Waals surface area contributed by atoms with Crippen molar-refractivity contribution in [2.24, 2.45) is 0 Å². The van der Waals surface area contributed by atoms with Gasteiger partial charge in [0.15, 0.2) is 0 Å². The lowest BCUT2D eigenvalue weighted by Gasteiger charge is -2.43. The number of piperazine rings is 1. The number of hydrogen-bond donors (Lipinski definition) is 1. The molecule has 0 radical (unpaired) electrons. The Bertz CT molecular complexity index is 558. The number of nitrogens with zero attached hydrogens (tertiary/aromatic N) is 1. The molecule has 0 bridgehead atoms. The topological polar surface area (TPSA) is 49.4 Å². The Labute approximate surface area is 127 Å². The predicted molar refractivity (Wildman–Crippen MR) is 81.2 cm³/mol. The van der Waals surface area contributed by atoms with Crippen LogP contribution in [0, 0.1) is 0 Å². The molecular formula is C15H17BrN2O2. The maximum Gasteiger partial charge on any atom is 0.253 e. The summed E-state index contributed by atoms with van der Waals surface area (Å²) in [6.07, 6.45) is 0. The Morgan fingerprint density at radius 3 is 2.55 bits per heavy atom. The van der Waals surface area contributed by atoms with Crippen molar-refractivity contribution in [3.05, 3.63) is 47.0 Å². The summed E-state index contributed by atoms with van der Waals surface area (Å²) < 4.78 is 0.669. The summed E-state index contributed by atoms with van der Waals surface area (Å²) in [6, 6.07) is 8.76. The van der Waals surface area contributed by atoms with Crippen LogP contribution in [0.15, 0.2) is 41.4 Å². The summed E-state index contributed by atoms with van der Waals surface area (Å²) in [4.78, 5) is 26.5. The van der Waals surface area contributed by atoms with Crippen LogP contribution < -0.4 is 5.32 Å². The molecule has 0 aromatic heterocycles. The van der Waals surface area contributed by atoms with Crippen LogP contribution in [-0.4, -0.2) is 29.3 Å². The number of carbonyl (C=O) groups excluding carboxylic acids is 2. The summed E-state index contributed by atoms with van der Waals surface area (Å²) >= 11 is 3.26. The van der Waals surface area contributed by atoms with E-state index in [2.05, 4.69) is 27.8 Å². The van der Waals surface area contributed by atoms with Gasteiger partial charge >= 0.3 is 0 Å². The molecule has 4 nitrogen and oxygen atoms in total. The molecule has 2 unspecified atom stereocenters. The summed E-state index contributed by atoms with van der Waals surface area (Å²) in [5, 5.41) is 2.84. The van der Waals surface area contributed by atoms with Crippen LogP contribution in [0.25, 0.3) is 0 Å². The zero-order chi connectivity index (χ0) is 14.9. The lowest BCUT2D eigenvalue weighted by Crippen LogP contribution is -2.66. The van der Waals surface area contributed by atoms with E-state index in [0.717, 1.165) is 5.56 Å². The summed E-state index contributed by atoms with van der Waals surface area (Å²) in [5.41, 5.74) is -0.261. The van der Waals surface area contributed by atoms with Gasteiger partial charge in [-0.2, -0.15) is 0 Å². The smallest absolute Gasteiger partial charge is 0.253 e. The number of rotatable bonds is 3. The molecule has 2 atom stereocenters. The van der Waals surface area contributed by atoms with Crippen molar-refractivity contribution in [2.75, 3.05) is 6.54 Å². The van der Waals surface area contributed by atoms with Crippen LogP contribution >= 0.6 is 15.9 Å². The SMILES string of the molecule is C=C(Br)CN1C(=O)C(C)(c2ccccc2)NC(=O)C1C. The van der Waals surface area contributed by atoms with E-state index in [9.17, 15) is 9.59 Å². The molecule has 1 aliphatic rings. The van der Waals surface area contributed by atoms with Crippen molar-refractivity contribution in [3.8, 4) is 0 Å². The van der Waals surface area contributed by atoms with Gasteiger partial charge in [0.25, 0.3) is 5.91 Å². The molecule has 1 N–H and O–H groups in total. The van der Waals surface area contributed by atoms with E-state index >= 15 is 0 Å². The Morgan fingerprint density at radius 2 is 2.00 bits per heavy atom. The first-order chi connectivity index (χ1) is 9.36. The van der Waals surface area contributed by atoms with E-state index in [4.69, 9.17) is 0 Å². The van der Waals surface area contributed by atoms with Crippen LogP contribution in [-0.2, 0) is 15.1 Å². The Kier molecular flexibility index (Phi) is 3.99. The fourth-order valence-electron chi connectivity index (χ4n) is 2.37. The van der Waals surface area contributed by atoms with E-state index in [0.29, 0.717) is 11.0 Å². The van der Waals surface area contributed by atoms with E-state index in [-0.39, 0.29) is 11.8 Å². The van der Waals surface area contributed by atoms with Gasteiger partial charge in [-0.3, -0.25) is 9.59 Å². The molecule has 106 valence electrons. The first-order valence-electron chi connectivity index (χ1n) is 6.38. The lowest BCUT2D eigenvalue weighted by molar-refractivity contribution is -0.153. The highest BCUT2D eigenvalue weighted by Gasteiger charge is 2.47. The second-order valence-electron chi connectivity index (χ2n) is 5.11. The molecule has 0 saturated carbocycles. The number of amides is 2. The summed E-state index contributed by atoms with van der Waals surface area (Å²) in [6.45, 7) is 7.52. The third-order valence-corrected chi connectivity index (χ3v) is 3.85. The molecule has 5 heteroatoms. The van der Waals surface area contributed by atoms with E-state index < -0.39 is 11.6 Å². The Balaban J connectivity index is 2.42. The minimum absolute atomic E-state index is 0.128. The normalized spacial score (nSPS) is 26.4. The quantitative estimate of drug-likeness (QED) is 0.919. The second kappa shape index (κ2) is 5.40. The van der Waals surface area contributed by atoms with Crippen LogP contribution in [0.2, 0.25) is 0 Å². The third kappa shape index (κ3) is 2.50. The minimum atomic E-state index is -1.03. The van der Waals surface area contributed by atoms with Gasteiger partial charge in [-0.1, -0.05) is 52.8 Å². The van der Waals surface area contributed by atoms with Gasteiger partial charge in [-0.05, 0) is 19.4 Å². The minimum Gasteiger partial charge on any atom is -0.336 e. The molecule has 2 rings (SSSR count). The second-order valence-corrected chi connectivity index (χ2v) is 6.23. The van der Waals surface area contributed by atoms with Gasteiger partial charge in [-0.15, -0.1) is 0 Å². The Hall–Kier alpha value is -1.62. The molecule has 1 saturated heterocycles. The van der Waals surface area contributed by atoms with Gasteiger partial charge in [0.2, 0.25) is 5.91 Å². The molecule has 1 aromatic rings. The van der Waals surface area contributed by atoms with Gasteiger partial charge in [0.1, 0.15) is 11.6 Å². The molecule has 1 aromatic carbocycles. The van der Waals surface area contributed by atoms with Crippen molar-refractivity contribution in [3.63, 3.8) is 0 Å². The fraction of sp³-hybridized carbons (Fsp3) is 0.333. The first kappa shape index (κ1) is 14.8. The summed E-state index contributed by atoms with van der Waals surface area (Å²) in [7, 11) is 0. The van der Waals surface area contributed by atoms with Crippen molar-refractivity contribution in [1.82, 2.24) is 10.2 Å². The van der Waals surface area contributed by atoms with Crippen molar-refractivity contribution >= 4 is 27.7 Å². The van der Waals surface area contributed by atoms with E-state index in [1.165, 1.54) is 0 Å². The lowest BCUT2D eigenvalue weighted by atomic mass is 9.87. The van der Waals surface area contributed by atoms with Crippen molar-refractivity contribution in [1.29, 1.82) is 0 Å². The Morgan fingerprint density at radius 1 is 1.40 bits per heavy atom. The van der Waals surface area contributed by atoms with Crippen LogP contribution in [0.3, 0.4) is 0 Å². The molecule has 0 aliphatic carbocycles. The number of nitrogens with one attached hydrogen (secondary N) is 1. The molecule has 0 spiro atoms. The average molecular weight is 337 g/mol. The van der Waals surface area contributed by atoms with Gasteiger partial charge < -0.3 is 10.2 Å². The fourth-order valence-corrected chi connectivity index (χ4v) is 2.64.